The molecule has 0 saturated heterocycles. The predicted octanol–water partition coefficient (Wildman–Crippen LogP) is 3.08. The van der Waals surface area contributed by atoms with E-state index in [2.05, 4.69) is 20.1 Å². The summed E-state index contributed by atoms with van der Waals surface area (Å²) in [5, 5.41) is 5.13. The normalized spacial score (nSPS) is 11.1. The van der Waals surface area contributed by atoms with E-state index < -0.39 is 5.95 Å². The van der Waals surface area contributed by atoms with Crippen LogP contribution in [-0.2, 0) is 0 Å². The number of aromatic nitrogens is 5. The molecule has 0 spiro atoms. The third-order valence-corrected chi connectivity index (χ3v) is 3.85. The van der Waals surface area contributed by atoms with E-state index in [0.29, 0.717) is 5.82 Å². The van der Waals surface area contributed by atoms with E-state index in [0.717, 1.165) is 21.5 Å². The molecule has 4 aromatic rings. The summed E-state index contributed by atoms with van der Waals surface area (Å²) < 4.78 is 14.9. The summed E-state index contributed by atoms with van der Waals surface area (Å²) in [6, 6.07) is 6.53. The molecule has 0 saturated carbocycles. The average molecular weight is 297 g/mol. The molecule has 0 atom stereocenters. The fourth-order valence-corrected chi connectivity index (χ4v) is 2.68. The van der Waals surface area contributed by atoms with Gasteiger partial charge in [0.05, 0.1) is 27.8 Å². The molecule has 21 heavy (non-hydrogen) atoms. The van der Waals surface area contributed by atoms with Crippen LogP contribution in [0.25, 0.3) is 27.3 Å². The molecule has 0 aliphatic rings. The maximum atomic E-state index is 13.3. The quantitative estimate of drug-likeness (QED) is 0.534. The third kappa shape index (κ3) is 2.07. The van der Waals surface area contributed by atoms with Gasteiger partial charge >= 0.3 is 0 Å². The molecular weight excluding hydrogens is 289 g/mol. The molecule has 0 aliphatic heterocycles. The summed E-state index contributed by atoms with van der Waals surface area (Å²) in [4.78, 5) is 13.3. The highest BCUT2D eigenvalue weighted by molar-refractivity contribution is 7.13. The zero-order chi connectivity index (χ0) is 14.2. The molecule has 7 heteroatoms. The number of fused-ring (bicyclic) bond motifs is 1. The Balaban J connectivity index is 1.92. The van der Waals surface area contributed by atoms with Crippen LogP contribution in [0.2, 0.25) is 0 Å². The predicted molar refractivity (Wildman–Crippen MR) is 77.7 cm³/mol. The van der Waals surface area contributed by atoms with E-state index in [1.54, 1.807) is 40.9 Å². The van der Waals surface area contributed by atoms with Gasteiger partial charge in [0.2, 0.25) is 5.95 Å². The third-order valence-electron chi connectivity index (χ3n) is 3.05. The minimum atomic E-state index is -0.534. The summed E-state index contributed by atoms with van der Waals surface area (Å²) in [7, 11) is 0. The highest BCUT2D eigenvalue weighted by atomic mass is 32.1. The van der Waals surface area contributed by atoms with Crippen LogP contribution >= 0.6 is 11.3 Å². The van der Waals surface area contributed by atoms with Crippen LogP contribution in [0.15, 0.2) is 48.4 Å². The van der Waals surface area contributed by atoms with E-state index in [4.69, 9.17) is 0 Å². The number of halogens is 1. The average Bonchev–Trinajstić information content (AvgIpc) is 3.16. The number of nitrogens with zero attached hydrogens (tertiary/aromatic N) is 5. The van der Waals surface area contributed by atoms with Crippen LogP contribution in [0.5, 0.6) is 0 Å². The van der Waals surface area contributed by atoms with E-state index in [1.165, 1.54) is 17.4 Å². The van der Waals surface area contributed by atoms with E-state index in [1.807, 2.05) is 6.07 Å². The van der Waals surface area contributed by atoms with Crippen LogP contribution in [0.4, 0.5) is 4.39 Å². The first kappa shape index (κ1) is 12.1. The van der Waals surface area contributed by atoms with E-state index in [-0.39, 0.29) is 0 Å². The molecule has 4 rings (SSSR count). The van der Waals surface area contributed by atoms with Crippen molar-refractivity contribution in [2.45, 2.75) is 0 Å². The van der Waals surface area contributed by atoms with Crippen molar-refractivity contribution in [3.05, 3.63) is 54.3 Å². The maximum Gasteiger partial charge on any atom is 0.214 e. The van der Waals surface area contributed by atoms with Gasteiger partial charge < -0.3 is 0 Å². The van der Waals surface area contributed by atoms with Crippen LogP contribution in [0.1, 0.15) is 0 Å². The van der Waals surface area contributed by atoms with Gasteiger partial charge in [-0.2, -0.15) is 9.49 Å². The molecule has 0 unspecified atom stereocenters. The molecule has 0 aromatic carbocycles. The first-order valence-corrected chi connectivity index (χ1v) is 7.05. The molecule has 0 N–H and O–H groups in total. The second-order valence-electron chi connectivity index (χ2n) is 4.37. The van der Waals surface area contributed by atoms with Gasteiger partial charge in [0.15, 0.2) is 5.82 Å². The Bertz CT molecular complexity index is 916. The maximum absolute atomic E-state index is 13.3. The Labute approximate surface area is 122 Å². The highest BCUT2D eigenvalue weighted by Gasteiger charge is 2.10. The number of hydrogen-bond acceptors (Lipinski definition) is 5. The summed E-state index contributed by atoms with van der Waals surface area (Å²) in [6.45, 7) is 0. The number of hydrogen-bond donors (Lipinski definition) is 0. The molecule has 0 radical (unpaired) electrons. The SMILES string of the molecule is Fc1cccc(-n2ncc3cnc(-c4cncs4)cc32)n1. The van der Waals surface area contributed by atoms with Gasteiger partial charge in [-0.25, -0.2) is 9.67 Å². The Morgan fingerprint density at radius 1 is 1.14 bits per heavy atom. The van der Waals surface area contributed by atoms with Gasteiger partial charge in [-0.3, -0.25) is 9.97 Å². The van der Waals surface area contributed by atoms with Crippen molar-refractivity contribution in [2.75, 3.05) is 0 Å². The van der Waals surface area contributed by atoms with E-state index >= 15 is 0 Å². The second kappa shape index (κ2) is 4.71. The van der Waals surface area contributed by atoms with Gasteiger partial charge in [0, 0.05) is 17.8 Å². The summed E-state index contributed by atoms with van der Waals surface area (Å²) in [5.74, 6) is -0.0978. The Morgan fingerprint density at radius 2 is 2.10 bits per heavy atom. The number of rotatable bonds is 2. The lowest BCUT2D eigenvalue weighted by atomic mass is 10.2. The van der Waals surface area contributed by atoms with Crippen molar-refractivity contribution in [2.24, 2.45) is 0 Å². The molecule has 0 bridgehead atoms. The second-order valence-corrected chi connectivity index (χ2v) is 5.26. The molecule has 102 valence electrons. The van der Waals surface area contributed by atoms with Gasteiger partial charge in [0.25, 0.3) is 0 Å². The lowest BCUT2D eigenvalue weighted by molar-refractivity contribution is 0.578. The molecule has 4 aromatic heterocycles. The smallest absolute Gasteiger partial charge is 0.214 e. The molecule has 0 aliphatic carbocycles. The largest absolute Gasteiger partial charge is 0.254 e. The fraction of sp³-hybridized carbons (Fsp3) is 0. The lowest BCUT2D eigenvalue weighted by Gasteiger charge is -2.03. The topological polar surface area (TPSA) is 56.5 Å². The Morgan fingerprint density at radius 3 is 2.90 bits per heavy atom. The van der Waals surface area contributed by atoms with Crippen molar-refractivity contribution in [1.82, 2.24) is 24.7 Å². The first-order chi connectivity index (χ1) is 10.3. The first-order valence-electron chi connectivity index (χ1n) is 6.17. The van der Waals surface area contributed by atoms with Gasteiger partial charge in [-0.1, -0.05) is 6.07 Å². The van der Waals surface area contributed by atoms with Gasteiger partial charge in [0.1, 0.15) is 0 Å². The number of thiazole rings is 1. The summed E-state index contributed by atoms with van der Waals surface area (Å²) >= 11 is 1.51. The molecule has 5 nitrogen and oxygen atoms in total. The standard InChI is InChI=1S/C14H8FN5S/c15-13-2-1-3-14(19-13)20-11-4-10(12-7-16-8-21-12)17-5-9(11)6-18-20/h1-8H. The highest BCUT2D eigenvalue weighted by Crippen LogP contribution is 2.25. The Kier molecular flexibility index (Phi) is 2.71. The van der Waals surface area contributed by atoms with Crippen LogP contribution in [-0.4, -0.2) is 24.7 Å². The van der Waals surface area contributed by atoms with Gasteiger partial charge in [-0.15, -0.1) is 11.3 Å². The van der Waals surface area contributed by atoms with Crippen molar-refractivity contribution in [3.63, 3.8) is 0 Å². The number of pyridine rings is 2. The zero-order valence-electron chi connectivity index (χ0n) is 10.6. The van der Waals surface area contributed by atoms with Crippen molar-refractivity contribution >= 4 is 22.2 Å². The van der Waals surface area contributed by atoms with Crippen molar-refractivity contribution in [1.29, 1.82) is 0 Å². The minimum Gasteiger partial charge on any atom is -0.254 e. The van der Waals surface area contributed by atoms with Crippen molar-refractivity contribution < 1.29 is 4.39 Å². The monoisotopic (exact) mass is 297 g/mol. The Hall–Kier alpha value is -2.67. The molecule has 0 amide bonds. The fourth-order valence-electron chi connectivity index (χ4n) is 2.10. The van der Waals surface area contributed by atoms with Crippen molar-refractivity contribution in [3.8, 4) is 16.4 Å². The minimum absolute atomic E-state index is 0.437. The van der Waals surface area contributed by atoms with Gasteiger partial charge in [-0.05, 0) is 18.2 Å². The van der Waals surface area contributed by atoms with Crippen LogP contribution in [0.3, 0.4) is 0 Å². The van der Waals surface area contributed by atoms with E-state index in [9.17, 15) is 4.39 Å². The lowest BCUT2D eigenvalue weighted by Crippen LogP contribution is -2.00. The molecular formula is C14H8FN5S. The van der Waals surface area contributed by atoms with Crippen LogP contribution in [0, 0.1) is 5.95 Å². The summed E-state index contributed by atoms with van der Waals surface area (Å²) in [6.07, 6.45) is 5.19. The molecule has 0 fully saturated rings. The summed E-state index contributed by atoms with van der Waals surface area (Å²) in [5.41, 5.74) is 3.39. The molecule has 4 heterocycles. The van der Waals surface area contributed by atoms with Crippen LogP contribution < -0.4 is 0 Å². The zero-order valence-corrected chi connectivity index (χ0v) is 11.5.